The first-order chi connectivity index (χ1) is 7.21. The minimum atomic E-state index is -1.15. The van der Waals surface area contributed by atoms with E-state index in [2.05, 4.69) is 15.0 Å². The van der Waals surface area contributed by atoms with Crippen LogP contribution in [-0.4, -0.2) is 20.1 Å². The molecule has 15 heavy (non-hydrogen) atoms. The maximum absolute atomic E-state index is 10.3. The Bertz CT molecular complexity index is 387. The van der Waals surface area contributed by atoms with Gasteiger partial charge in [0.2, 0.25) is 0 Å². The van der Waals surface area contributed by atoms with Crippen molar-refractivity contribution in [2.45, 2.75) is 12.5 Å². The van der Waals surface area contributed by atoms with Crippen molar-refractivity contribution in [1.29, 1.82) is 0 Å². The maximum Gasteiger partial charge on any atom is 0.132 e. The van der Waals surface area contributed by atoms with Gasteiger partial charge in [0.15, 0.2) is 0 Å². The second kappa shape index (κ2) is 3.74. The Balaban J connectivity index is 2.44. The molecule has 0 aliphatic rings. The molecule has 1 unspecified atom stereocenters. The van der Waals surface area contributed by atoms with Gasteiger partial charge in [-0.05, 0) is 19.1 Å². The summed E-state index contributed by atoms with van der Waals surface area (Å²) in [6, 6.07) is 5.41. The fourth-order valence-corrected chi connectivity index (χ4v) is 1.35. The minimum Gasteiger partial charge on any atom is -0.379 e. The summed E-state index contributed by atoms with van der Waals surface area (Å²) in [7, 11) is 0. The van der Waals surface area contributed by atoms with Gasteiger partial charge in [-0.2, -0.15) is 0 Å². The van der Waals surface area contributed by atoms with E-state index in [0.717, 1.165) is 0 Å². The summed E-state index contributed by atoms with van der Waals surface area (Å²) in [4.78, 5) is 11.9. The summed E-state index contributed by atoms with van der Waals surface area (Å²) >= 11 is 0. The predicted molar refractivity (Wildman–Crippen MR) is 54.9 cm³/mol. The second-order valence-corrected chi connectivity index (χ2v) is 3.41. The zero-order valence-corrected chi connectivity index (χ0v) is 8.33. The molecule has 2 aromatic rings. The van der Waals surface area contributed by atoms with Crippen LogP contribution in [0.2, 0.25) is 0 Å². The van der Waals surface area contributed by atoms with Crippen molar-refractivity contribution >= 4 is 0 Å². The topological polar surface area (TPSA) is 58.9 Å². The van der Waals surface area contributed by atoms with Gasteiger partial charge in [-0.3, -0.25) is 4.98 Å². The van der Waals surface area contributed by atoms with Gasteiger partial charge in [0.1, 0.15) is 11.9 Å². The first-order valence-electron chi connectivity index (χ1n) is 4.60. The Morgan fingerprint density at radius 1 is 1.20 bits per heavy atom. The minimum absolute atomic E-state index is 0.583. The summed E-state index contributed by atoms with van der Waals surface area (Å²) in [6.45, 7) is 1.67. The van der Waals surface area contributed by atoms with E-state index in [0.29, 0.717) is 11.3 Å². The van der Waals surface area contributed by atoms with Gasteiger partial charge in [-0.25, -0.2) is 9.97 Å². The van der Waals surface area contributed by atoms with Crippen LogP contribution >= 0.6 is 0 Å². The third kappa shape index (κ3) is 1.85. The summed E-state index contributed by atoms with van der Waals surface area (Å²) in [6.07, 6.45) is 6.25. The molecule has 2 rings (SSSR count). The molecule has 1 N–H and O–H groups in total. The number of pyridine rings is 1. The van der Waals surface area contributed by atoms with Crippen LogP contribution in [0.25, 0.3) is 0 Å². The summed E-state index contributed by atoms with van der Waals surface area (Å²) in [5, 5.41) is 10.3. The number of aromatic nitrogens is 3. The first-order valence-corrected chi connectivity index (χ1v) is 4.60. The number of rotatable bonds is 2. The van der Waals surface area contributed by atoms with E-state index in [-0.39, 0.29) is 0 Å². The van der Waals surface area contributed by atoms with Crippen molar-refractivity contribution in [1.82, 2.24) is 15.0 Å². The van der Waals surface area contributed by atoms with Crippen LogP contribution in [0.4, 0.5) is 0 Å². The smallest absolute Gasteiger partial charge is 0.132 e. The lowest BCUT2D eigenvalue weighted by Gasteiger charge is -2.21. The van der Waals surface area contributed by atoms with Crippen molar-refractivity contribution in [3.05, 3.63) is 54.4 Å². The second-order valence-electron chi connectivity index (χ2n) is 3.41. The fraction of sp³-hybridized carbons (Fsp3) is 0.182. The molecule has 4 heteroatoms. The highest BCUT2D eigenvalue weighted by Gasteiger charge is 2.27. The number of hydrogen-bond acceptors (Lipinski definition) is 4. The van der Waals surface area contributed by atoms with Crippen molar-refractivity contribution < 1.29 is 5.11 Å². The average Bonchev–Trinajstić information content (AvgIpc) is 2.31. The highest BCUT2D eigenvalue weighted by Crippen LogP contribution is 2.25. The lowest BCUT2D eigenvalue weighted by Crippen LogP contribution is -2.24. The third-order valence-electron chi connectivity index (χ3n) is 2.29. The number of hydrogen-bond donors (Lipinski definition) is 1. The molecule has 0 radical (unpaired) electrons. The van der Waals surface area contributed by atoms with E-state index in [9.17, 15) is 5.11 Å². The number of aliphatic hydroxyl groups is 1. The standard InChI is InChI=1S/C11H11N3O/c1-11(15,9-6-12-8-13-7-9)10-4-2-3-5-14-10/h2-8,15H,1H3. The normalized spacial score (nSPS) is 14.5. The molecule has 0 spiro atoms. The molecule has 0 aromatic carbocycles. The zero-order chi connectivity index (χ0) is 10.7. The summed E-state index contributed by atoms with van der Waals surface area (Å²) < 4.78 is 0. The van der Waals surface area contributed by atoms with Crippen LogP contribution in [0.15, 0.2) is 43.1 Å². The molecule has 4 nitrogen and oxygen atoms in total. The first kappa shape index (κ1) is 9.73. The quantitative estimate of drug-likeness (QED) is 0.791. The van der Waals surface area contributed by atoms with Gasteiger partial charge >= 0.3 is 0 Å². The Morgan fingerprint density at radius 3 is 2.53 bits per heavy atom. The Kier molecular flexibility index (Phi) is 2.43. The predicted octanol–water partition coefficient (Wildman–Crippen LogP) is 1.13. The molecule has 2 aromatic heterocycles. The van der Waals surface area contributed by atoms with Crippen molar-refractivity contribution in [2.75, 3.05) is 0 Å². The maximum atomic E-state index is 10.3. The summed E-state index contributed by atoms with van der Waals surface area (Å²) in [5.41, 5.74) is 0.0613. The monoisotopic (exact) mass is 201 g/mol. The largest absolute Gasteiger partial charge is 0.379 e. The third-order valence-corrected chi connectivity index (χ3v) is 2.29. The van der Waals surface area contributed by atoms with Crippen molar-refractivity contribution in [3.8, 4) is 0 Å². The lowest BCUT2D eigenvalue weighted by atomic mass is 9.95. The van der Waals surface area contributed by atoms with Gasteiger partial charge in [0.25, 0.3) is 0 Å². The Hall–Kier alpha value is -1.81. The summed E-state index contributed by atoms with van der Waals surface area (Å²) in [5.74, 6) is 0. The molecule has 0 aliphatic heterocycles. The van der Waals surface area contributed by atoms with E-state index in [1.807, 2.05) is 6.07 Å². The molecule has 0 saturated heterocycles. The molecule has 0 bridgehead atoms. The molecular weight excluding hydrogens is 190 g/mol. The average molecular weight is 201 g/mol. The van der Waals surface area contributed by atoms with E-state index in [1.54, 1.807) is 37.6 Å². The van der Waals surface area contributed by atoms with E-state index in [1.165, 1.54) is 6.33 Å². The fourth-order valence-electron chi connectivity index (χ4n) is 1.35. The Morgan fingerprint density at radius 2 is 1.93 bits per heavy atom. The highest BCUT2D eigenvalue weighted by atomic mass is 16.3. The Labute approximate surface area is 87.7 Å². The zero-order valence-electron chi connectivity index (χ0n) is 8.33. The molecule has 0 saturated carbocycles. The van der Waals surface area contributed by atoms with E-state index in [4.69, 9.17) is 0 Å². The molecule has 1 atom stereocenters. The van der Waals surface area contributed by atoms with Crippen LogP contribution < -0.4 is 0 Å². The van der Waals surface area contributed by atoms with Gasteiger partial charge in [0, 0.05) is 24.2 Å². The molecule has 0 aliphatic carbocycles. The van der Waals surface area contributed by atoms with Crippen LogP contribution in [0.1, 0.15) is 18.2 Å². The van der Waals surface area contributed by atoms with Gasteiger partial charge in [-0.15, -0.1) is 0 Å². The number of nitrogens with zero attached hydrogens (tertiary/aromatic N) is 3. The van der Waals surface area contributed by atoms with Crippen LogP contribution in [0, 0.1) is 0 Å². The molecule has 2 heterocycles. The highest BCUT2D eigenvalue weighted by molar-refractivity contribution is 5.26. The van der Waals surface area contributed by atoms with Crippen LogP contribution in [0.5, 0.6) is 0 Å². The van der Waals surface area contributed by atoms with E-state index >= 15 is 0 Å². The van der Waals surface area contributed by atoms with Gasteiger partial charge in [-0.1, -0.05) is 6.07 Å². The molecule has 76 valence electrons. The molecule has 0 fully saturated rings. The molecular formula is C11H11N3O. The van der Waals surface area contributed by atoms with E-state index < -0.39 is 5.60 Å². The molecule has 0 amide bonds. The lowest BCUT2D eigenvalue weighted by molar-refractivity contribution is 0.0966. The van der Waals surface area contributed by atoms with Crippen molar-refractivity contribution in [2.24, 2.45) is 0 Å². The van der Waals surface area contributed by atoms with Crippen molar-refractivity contribution in [3.63, 3.8) is 0 Å². The SMILES string of the molecule is CC(O)(c1cncnc1)c1ccccn1. The van der Waals surface area contributed by atoms with Crippen LogP contribution in [0.3, 0.4) is 0 Å². The van der Waals surface area contributed by atoms with Gasteiger partial charge < -0.3 is 5.11 Å². The van der Waals surface area contributed by atoms with Crippen LogP contribution in [-0.2, 0) is 5.60 Å². The van der Waals surface area contributed by atoms with Gasteiger partial charge in [0.05, 0.1) is 5.69 Å².